The molecule has 0 aliphatic rings. The Morgan fingerprint density at radius 2 is 2.00 bits per heavy atom. The second-order valence-corrected chi connectivity index (χ2v) is 2.19. The van der Waals surface area contributed by atoms with Crippen LogP contribution in [-0.4, -0.2) is 30.3 Å². The summed E-state index contributed by atoms with van der Waals surface area (Å²) in [6.07, 6.45) is 1.47. The molecule has 0 aromatic carbocycles. The van der Waals surface area contributed by atoms with E-state index in [0.29, 0.717) is 13.1 Å². The fourth-order valence-electron chi connectivity index (χ4n) is 0.606. The Morgan fingerprint density at radius 3 is 2.30 bits per heavy atom. The lowest BCUT2D eigenvalue weighted by atomic mass is 10.6. The predicted molar refractivity (Wildman–Crippen MR) is 42.9 cm³/mol. The highest BCUT2D eigenvalue weighted by atomic mass is 32.2. The van der Waals surface area contributed by atoms with Gasteiger partial charge >= 0.3 is 6.09 Å². The Labute approximate surface area is 65.9 Å². The van der Waals surface area contributed by atoms with Crippen LogP contribution >= 0.6 is 12.0 Å². The molecule has 0 spiro atoms. The van der Waals surface area contributed by atoms with Crippen LogP contribution in [0.15, 0.2) is 0 Å². The molecule has 0 fully saturated rings. The zero-order valence-corrected chi connectivity index (χ0v) is 7.40. The summed E-state index contributed by atoms with van der Waals surface area (Å²) in [5.74, 6) is 0. The van der Waals surface area contributed by atoms with Crippen LogP contribution in [0.4, 0.5) is 4.79 Å². The first-order chi connectivity index (χ1) is 4.76. The second-order valence-electron chi connectivity index (χ2n) is 1.69. The van der Waals surface area contributed by atoms with Crippen LogP contribution in [0.2, 0.25) is 0 Å². The zero-order chi connectivity index (χ0) is 7.98. The van der Waals surface area contributed by atoms with Gasteiger partial charge in [0.2, 0.25) is 0 Å². The lowest BCUT2D eigenvalue weighted by molar-refractivity contribution is 0.165. The average Bonchev–Trinajstić information content (AvgIpc) is 1.91. The van der Waals surface area contributed by atoms with Gasteiger partial charge in [-0.2, -0.15) is 0 Å². The molecule has 0 aliphatic carbocycles. The van der Waals surface area contributed by atoms with Gasteiger partial charge in [-0.1, -0.05) is 0 Å². The van der Waals surface area contributed by atoms with E-state index in [2.05, 4.69) is 4.18 Å². The lowest BCUT2D eigenvalue weighted by Crippen LogP contribution is -2.29. The molecule has 0 bridgehead atoms. The number of carbonyl (C=O) groups is 1. The van der Waals surface area contributed by atoms with Crippen molar-refractivity contribution in [3.8, 4) is 0 Å². The van der Waals surface area contributed by atoms with Crippen molar-refractivity contribution < 1.29 is 8.98 Å². The highest BCUT2D eigenvalue weighted by Gasteiger charge is 2.08. The summed E-state index contributed by atoms with van der Waals surface area (Å²) in [5.41, 5.74) is 0. The molecule has 10 heavy (non-hydrogen) atoms. The van der Waals surface area contributed by atoms with Crippen molar-refractivity contribution >= 4 is 18.1 Å². The minimum absolute atomic E-state index is 0.252. The minimum Gasteiger partial charge on any atom is -0.375 e. The molecule has 0 radical (unpaired) electrons. The first kappa shape index (κ1) is 9.62. The van der Waals surface area contributed by atoms with Gasteiger partial charge in [0.25, 0.3) is 0 Å². The Hall–Kier alpha value is -0.380. The lowest BCUT2D eigenvalue weighted by Gasteiger charge is -2.15. The van der Waals surface area contributed by atoms with Crippen LogP contribution in [-0.2, 0) is 4.18 Å². The normalized spacial score (nSPS) is 9.10. The van der Waals surface area contributed by atoms with E-state index in [0.717, 1.165) is 12.0 Å². The third-order valence-electron chi connectivity index (χ3n) is 1.18. The van der Waals surface area contributed by atoms with Gasteiger partial charge in [-0.3, -0.25) is 0 Å². The van der Waals surface area contributed by atoms with Crippen molar-refractivity contribution in [2.75, 3.05) is 19.3 Å². The van der Waals surface area contributed by atoms with Gasteiger partial charge in [0.15, 0.2) is 0 Å². The first-order valence-electron chi connectivity index (χ1n) is 3.25. The maximum absolute atomic E-state index is 10.9. The molecule has 1 amide bonds. The third kappa shape index (κ3) is 2.96. The highest BCUT2D eigenvalue weighted by molar-refractivity contribution is 7.94. The van der Waals surface area contributed by atoms with E-state index in [1.165, 1.54) is 0 Å². The largest absolute Gasteiger partial charge is 0.421 e. The van der Waals surface area contributed by atoms with Crippen molar-refractivity contribution in [3.63, 3.8) is 0 Å². The summed E-state index contributed by atoms with van der Waals surface area (Å²) in [4.78, 5) is 12.5. The van der Waals surface area contributed by atoms with Crippen LogP contribution in [0.25, 0.3) is 0 Å². The van der Waals surface area contributed by atoms with Crippen molar-refractivity contribution in [2.45, 2.75) is 13.8 Å². The second kappa shape index (κ2) is 5.41. The Kier molecular flexibility index (Phi) is 5.20. The Balaban J connectivity index is 3.65. The Bertz CT molecular complexity index is 104. The van der Waals surface area contributed by atoms with Gasteiger partial charge in [-0.25, -0.2) is 4.79 Å². The van der Waals surface area contributed by atoms with Crippen molar-refractivity contribution in [1.29, 1.82) is 0 Å². The summed E-state index contributed by atoms with van der Waals surface area (Å²) in [6.45, 7) is 5.25. The summed E-state index contributed by atoms with van der Waals surface area (Å²) < 4.78 is 4.69. The van der Waals surface area contributed by atoms with Gasteiger partial charge in [-0.05, 0) is 13.8 Å². The molecule has 0 saturated carbocycles. The van der Waals surface area contributed by atoms with E-state index >= 15 is 0 Å². The van der Waals surface area contributed by atoms with Crippen LogP contribution in [0.5, 0.6) is 0 Å². The van der Waals surface area contributed by atoms with Crippen LogP contribution in [0, 0.1) is 0 Å². The standard InChI is InChI=1S/C6H13NO2S/c1-4-7(5-2)6(8)9-10-3/h4-5H2,1-3H3. The van der Waals surface area contributed by atoms with Gasteiger partial charge in [0.05, 0.1) is 12.0 Å². The number of carbonyl (C=O) groups excluding carboxylic acids is 1. The van der Waals surface area contributed by atoms with Crippen molar-refractivity contribution in [1.82, 2.24) is 4.90 Å². The summed E-state index contributed by atoms with van der Waals surface area (Å²) in [5, 5.41) is 0. The molecule has 0 aromatic rings. The zero-order valence-electron chi connectivity index (χ0n) is 6.59. The molecule has 60 valence electrons. The van der Waals surface area contributed by atoms with E-state index < -0.39 is 0 Å². The smallest absolute Gasteiger partial charge is 0.375 e. The molecule has 0 N–H and O–H groups in total. The number of amides is 1. The molecule has 0 heterocycles. The van der Waals surface area contributed by atoms with E-state index in [4.69, 9.17) is 0 Å². The summed E-state index contributed by atoms with van der Waals surface area (Å²) in [6, 6.07) is 0. The van der Waals surface area contributed by atoms with E-state index in [9.17, 15) is 4.79 Å². The molecule has 0 aromatic heterocycles. The molecule has 4 heteroatoms. The van der Waals surface area contributed by atoms with Crippen LogP contribution < -0.4 is 0 Å². The topological polar surface area (TPSA) is 29.5 Å². The first-order valence-corrected chi connectivity index (χ1v) is 4.40. The maximum Gasteiger partial charge on any atom is 0.421 e. The number of rotatable bonds is 3. The molecule has 0 saturated heterocycles. The monoisotopic (exact) mass is 163 g/mol. The molecule has 0 rings (SSSR count). The summed E-state index contributed by atoms with van der Waals surface area (Å²) in [7, 11) is 0. The molecule has 0 unspecified atom stereocenters. The quantitative estimate of drug-likeness (QED) is 0.593. The predicted octanol–water partition coefficient (Wildman–Crippen LogP) is 1.74. The fourth-order valence-corrected chi connectivity index (χ4v) is 0.854. The molecule has 0 aliphatic heterocycles. The van der Waals surface area contributed by atoms with Crippen LogP contribution in [0.3, 0.4) is 0 Å². The van der Waals surface area contributed by atoms with E-state index in [1.54, 1.807) is 11.2 Å². The SMILES string of the molecule is CCN(CC)C(=O)OSC. The molecular weight excluding hydrogens is 150 g/mol. The van der Waals surface area contributed by atoms with E-state index in [1.807, 2.05) is 13.8 Å². The molecule has 3 nitrogen and oxygen atoms in total. The number of nitrogens with zero attached hydrogens (tertiary/aromatic N) is 1. The average molecular weight is 163 g/mol. The number of hydrogen-bond acceptors (Lipinski definition) is 3. The summed E-state index contributed by atoms with van der Waals surface area (Å²) >= 11 is 1.08. The van der Waals surface area contributed by atoms with Crippen molar-refractivity contribution in [3.05, 3.63) is 0 Å². The van der Waals surface area contributed by atoms with Gasteiger partial charge in [0.1, 0.15) is 0 Å². The van der Waals surface area contributed by atoms with Crippen LogP contribution in [0.1, 0.15) is 13.8 Å². The minimum atomic E-state index is -0.252. The molecular formula is C6H13NO2S. The third-order valence-corrected chi connectivity index (χ3v) is 1.49. The highest BCUT2D eigenvalue weighted by Crippen LogP contribution is 2.00. The maximum atomic E-state index is 10.9. The van der Waals surface area contributed by atoms with E-state index in [-0.39, 0.29) is 6.09 Å². The Morgan fingerprint density at radius 1 is 1.50 bits per heavy atom. The fraction of sp³-hybridized carbons (Fsp3) is 0.833. The van der Waals surface area contributed by atoms with Crippen molar-refractivity contribution in [2.24, 2.45) is 0 Å². The molecule has 0 atom stereocenters. The number of hydrogen-bond donors (Lipinski definition) is 0. The van der Waals surface area contributed by atoms with Gasteiger partial charge in [0, 0.05) is 19.3 Å². The van der Waals surface area contributed by atoms with Gasteiger partial charge < -0.3 is 9.08 Å². The van der Waals surface area contributed by atoms with Gasteiger partial charge in [-0.15, -0.1) is 0 Å².